The van der Waals surface area contributed by atoms with Crippen LogP contribution in [0.25, 0.3) is 9.88 Å². The van der Waals surface area contributed by atoms with E-state index in [1.165, 1.54) is 4.88 Å². The molecule has 1 aliphatic heterocycles. The zero-order chi connectivity index (χ0) is 17.2. The minimum Gasteiger partial charge on any atom is -0.477 e. The Labute approximate surface area is 153 Å². The number of carbonyl (C=O) groups excluding carboxylic acids is 1. The Morgan fingerprint density at radius 2 is 2.20 bits per heavy atom. The van der Waals surface area contributed by atoms with Crippen LogP contribution in [0.15, 0.2) is 47.2 Å². The van der Waals surface area contributed by atoms with Crippen LogP contribution < -0.4 is 15.0 Å². The highest BCUT2D eigenvalue weighted by Gasteiger charge is 2.30. The molecule has 1 N–H and O–H groups in total. The number of para-hydroxylation sites is 2. The van der Waals surface area contributed by atoms with Crippen LogP contribution >= 0.6 is 22.7 Å². The van der Waals surface area contributed by atoms with Crippen molar-refractivity contribution in [2.24, 2.45) is 0 Å². The SMILES string of the molecule is CNC(=O)[C@H]1CN(Cc2csc(-c3cccs3)n2)c2ccccc2O1. The van der Waals surface area contributed by atoms with Gasteiger partial charge < -0.3 is 15.0 Å². The molecule has 7 heteroatoms. The maximum Gasteiger partial charge on any atom is 0.262 e. The molecule has 3 aromatic rings. The third-order valence-electron chi connectivity index (χ3n) is 4.04. The van der Waals surface area contributed by atoms with Gasteiger partial charge in [0, 0.05) is 12.4 Å². The molecule has 25 heavy (non-hydrogen) atoms. The Balaban J connectivity index is 1.59. The standard InChI is InChI=1S/C18H17N3O2S2/c1-19-17(22)15-10-21(13-5-2-3-6-14(13)23-15)9-12-11-25-18(20-12)16-7-4-8-24-16/h2-8,11,15H,9-10H2,1H3,(H,19,22)/t15-/m1/s1. The maximum atomic E-state index is 12.1. The molecule has 0 bridgehead atoms. The number of aromatic nitrogens is 1. The average Bonchev–Trinajstić information content (AvgIpc) is 3.32. The molecule has 1 amide bonds. The minimum atomic E-state index is -0.518. The summed E-state index contributed by atoms with van der Waals surface area (Å²) < 4.78 is 5.85. The lowest BCUT2D eigenvalue weighted by molar-refractivity contribution is -0.127. The van der Waals surface area contributed by atoms with E-state index in [0.29, 0.717) is 13.1 Å². The fourth-order valence-electron chi connectivity index (χ4n) is 2.84. The Morgan fingerprint density at radius 1 is 1.32 bits per heavy atom. The molecular weight excluding hydrogens is 354 g/mol. The first-order valence-electron chi connectivity index (χ1n) is 7.95. The third kappa shape index (κ3) is 3.25. The van der Waals surface area contributed by atoms with Crippen LogP contribution in [0.2, 0.25) is 0 Å². The molecule has 0 saturated carbocycles. The predicted molar refractivity (Wildman–Crippen MR) is 101 cm³/mol. The Morgan fingerprint density at radius 3 is 3.00 bits per heavy atom. The number of carbonyl (C=O) groups is 1. The van der Waals surface area contributed by atoms with Crippen LogP contribution in [0.5, 0.6) is 5.75 Å². The fourth-order valence-corrected chi connectivity index (χ4v) is 4.47. The molecule has 1 aliphatic rings. The molecule has 128 valence electrons. The molecule has 3 heterocycles. The minimum absolute atomic E-state index is 0.114. The smallest absolute Gasteiger partial charge is 0.262 e. The molecule has 1 atom stereocenters. The van der Waals surface area contributed by atoms with Gasteiger partial charge in [-0.05, 0) is 23.6 Å². The number of hydrogen-bond acceptors (Lipinski definition) is 6. The molecule has 0 fully saturated rings. The van der Waals surface area contributed by atoms with Gasteiger partial charge in [0.25, 0.3) is 5.91 Å². The first-order valence-corrected chi connectivity index (χ1v) is 9.71. The van der Waals surface area contributed by atoms with Gasteiger partial charge in [-0.3, -0.25) is 4.79 Å². The van der Waals surface area contributed by atoms with Crippen molar-refractivity contribution in [3.05, 3.63) is 52.9 Å². The summed E-state index contributed by atoms with van der Waals surface area (Å²) >= 11 is 3.34. The van der Waals surface area contributed by atoms with Crippen molar-refractivity contribution < 1.29 is 9.53 Å². The van der Waals surface area contributed by atoms with E-state index in [1.54, 1.807) is 29.7 Å². The third-order valence-corrected chi connectivity index (χ3v) is 5.97. The lowest BCUT2D eigenvalue weighted by Gasteiger charge is -2.35. The van der Waals surface area contributed by atoms with E-state index in [4.69, 9.17) is 9.72 Å². The summed E-state index contributed by atoms with van der Waals surface area (Å²) in [5.74, 6) is 0.619. The molecule has 0 aliphatic carbocycles. The fraction of sp³-hybridized carbons (Fsp3) is 0.222. The number of nitrogens with zero attached hydrogens (tertiary/aromatic N) is 2. The molecular formula is C18H17N3O2S2. The van der Waals surface area contributed by atoms with Gasteiger partial charge in [0.15, 0.2) is 6.10 Å². The quantitative estimate of drug-likeness (QED) is 0.764. The topological polar surface area (TPSA) is 54.5 Å². The van der Waals surface area contributed by atoms with Gasteiger partial charge in [0.2, 0.25) is 0 Å². The van der Waals surface area contributed by atoms with Crippen LogP contribution in [0.3, 0.4) is 0 Å². The number of nitrogens with one attached hydrogen (secondary N) is 1. The summed E-state index contributed by atoms with van der Waals surface area (Å²) in [5.41, 5.74) is 1.99. The highest BCUT2D eigenvalue weighted by molar-refractivity contribution is 7.20. The van der Waals surface area contributed by atoms with Gasteiger partial charge in [-0.1, -0.05) is 18.2 Å². The van der Waals surface area contributed by atoms with E-state index in [9.17, 15) is 4.79 Å². The zero-order valence-corrected chi connectivity index (χ0v) is 15.3. The molecule has 4 rings (SSSR count). The summed E-state index contributed by atoms with van der Waals surface area (Å²) in [5, 5.41) is 7.85. The van der Waals surface area contributed by atoms with E-state index in [1.807, 2.05) is 30.3 Å². The second-order valence-corrected chi connectivity index (χ2v) is 7.50. The summed E-state index contributed by atoms with van der Waals surface area (Å²) in [6.07, 6.45) is -0.518. The highest BCUT2D eigenvalue weighted by atomic mass is 32.1. The molecule has 2 aromatic heterocycles. The number of anilines is 1. The number of benzene rings is 1. The van der Waals surface area contributed by atoms with E-state index in [0.717, 1.165) is 22.1 Å². The number of thiophene rings is 1. The van der Waals surface area contributed by atoms with E-state index >= 15 is 0 Å². The van der Waals surface area contributed by atoms with Crippen molar-refractivity contribution >= 4 is 34.3 Å². The van der Waals surface area contributed by atoms with Crippen molar-refractivity contribution in [1.29, 1.82) is 0 Å². The predicted octanol–water partition coefficient (Wildman–Crippen LogP) is 3.39. The van der Waals surface area contributed by atoms with Crippen LogP contribution in [0.4, 0.5) is 5.69 Å². The van der Waals surface area contributed by atoms with Gasteiger partial charge >= 0.3 is 0 Å². The van der Waals surface area contributed by atoms with Gasteiger partial charge in [-0.15, -0.1) is 22.7 Å². The lowest BCUT2D eigenvalue weighted by atomic mass is 10.1. The van der Waals surface area contributed by atoms with Crippen molar-refractivity contribution in [2.75, 3.05) is 18.5 Å². The summed E-state index contributed by atoms with van der Waals surface area (Å²) in [4.78, 5) is 20.2. The zero-order valence-electron chi connectivity index (χ0n) is 13.6. The average molecular weight is 371 g/mol. The summed E-state index contributed by atoms with van der Waals surface area (Å²) in [6, 6.07) is 11.9. The first-order chi connectivity index (χ1) is 12.2. The van der Waals surface area contributed by atoms with Crippen LogP contribution in [-0.4, -0.2) is 30.6 Å². The van der Waals surface area contributed by atoms with Crippen molar-refractivity contribution in [1.82, 2.24) is 10.3 Å². The van der Waals surface area contributed by atoms with E-state index < -0.39 is 6.10 Å². The number of likely N-dealkylation sites (N-methyl/N-ethyl adjacent to an activating group) is 1. The number of amides is 1. The largest absolute Gasteiger partial charge is 0.477 e. The second kappa shape index (κ2) is 6.85. The normalized spacial score (nSPS) is 16.2. The van der Waals surface area contributed by atoms with Crippen molar-refractivity contribution in [2.45, 2.75) is 12.6 Å². The van der Waals surface area contributed by atoms with Gasteiger partial charge in [0.05, 0.1) is 29.3 Å². The second-order valence-electron chi connectivity index (χ2n) is 5.69. The number of rotatable bonds is 4. The first kappa shape index (κ1) is 16.1. The van der Waals surface area contributed by atoms with Gasteiger partial charge in [0.1, 0.15) is 10.8 Å². The summed E-state index contributed by atoms with van der Waals surface area (Å²) in [7, 11) is 1.63. The number of ether oxygens (including phenoxy) is 1. The Kier molecular flexibility index (Phi) is 4.42. The van der Waals surface area contributed by atoms with Crippen molar-refractivity contribution in [3.8, 4) is 15.6 Å². The van der Waals surface area contributed by atoms with Crippen molar-refractivity contribution in [3.63, 3.8) is 0 Å². The van der Waals surface area contributed by atoms with Crippen LogP contribution in [0, 0.1) is 0 Å². The number of thiazole rings is 1. The lowest BCUT2D eigenvalue weighted by Crippen LogP contribution is -2.47. The van der Waals surface area contributed by atoms with Gasteiger partial charge in [-0.25, -0.2) is 4.98 Å². The van der Waals surface area contributed by atoms with Crippen LogP contribution in [0.1, 0.15) is 5.69 Å². The summed E-state index contributed by atoms with van der Waals surface area (Å²) in [6.45, 7) is 1.15. The highest BCUT2D eigenvalue weighted by Crippen LogP contribution is 2.35. The molecule has 1 aromatic carbocycles. The van der Waals surface area contributed by atoms with E-state index in [-0.39, 0.29) is 5.91 Å². The Bertz CT molecular complexity index is 876. The number of fused-ring (bicyclic) bond motifs is 1. The molecule has 0 spiro atoms. The number of hydrogen-bond donors (Lipinski definition) is 1. The molecule has 0 radical (unpaired) electrons. The Hall–Kier alpha value is -2.38. The monoisotopic (exact) mass is 371 g/mol. The van der Waals surface area contributed by atoms with E-state index in [2.05, 4.69) is 27.0 Å². The van der Waals surface area contributed by atoms with Crippen LogP contribution in [-0.2, 0) is 11.3 Å². The molecule has 0 saturated heterocycles. The molecule has 0 unspecified atom stereocenters. The molecule has 5 nitrogen and oxygen atoms in total. The maximum absolute atomic E-state index is 12.1. The van der Waals surface area contributed by atoms with Gasteiger partial charge in [-0.2, -0.15) is 0 Å².